The molecule has 1 fully saturated rings. The van der Waals surface area contributed by atoms with Gasteiger partial charge in [-0.15, -0.1) is 0 Å². The maximum Gasteiger partial charge on any atom is 0.239 e. The number of amides is 2. The van der Waals surface area contributed by atoms with Gasteiger partial charge in [0.25, 0.3) is 0 Å². The van der Waals surface area contributed by atoms with Crippen LogP contribution in [0.2, 0.25) is 0 Å². The molecule has 0 radical (unpaired) electrons. The van der Waals surface area contributed by atoms with Crippen LogP contribution in [0.1, 0.15) is 32.6 Å². The third kappa shape index (κ3) is 5.12. The van der Waals surface area contributed by atoms with E-state index in [-0.39, 0.29) is 23.3 Å². The van der Waals surface area contributed by atoms with Gasteiger partial charge in [-0.05, 0) is 19.3 Å². The van der Waals surface area contributed by atoms with Gasteiger partial charge < -0.3 is 16.4 Å². The third-order valence-corrected chi connectivity index (χ3v) is 2.89. The number of rotatable bonds is 7. The Balaban J connectivity index is 2.29. The molecule has 0 spiro atoms. The Bertz CT molecular complexity index is 316. The summed E-state index contributed by atoms with van der Waals surface area (Å²) in [6.07, 6.45) is 3.51. The van der Waals surface area contributed by atoms with Crippen LogP contribution in [0.15, 0.2) is 0 Å². The molecule has 1 aliphatic rings. The zero-order chi connectivity index (χ0) is 12.8. The lowest BCUT2D eigenvalue weighted by Gasteiger charge is -2.14. The van der Waals surface area contributed by atoms with Crippen molar-refractivity contribution >= 4 is 29.0 Å². The predicted molar refractivity (Wildman–Crippen MR) is 69.4 cm³/mol. The van der Waals surface area contributed by atoms with Crippen molar-refractivity contribution in [2.45, 2.75) is 38.6 Å². The highest BCUT2D eigenvalue weighted by Crippen LogP contribution is 2.18. The second kappa shape index (κ2) is 6.54. The van der Waals surface area contributed by atoms with E-state index in [1.807, 2.05) is 6.92 Å². The molecule has 96 valence electrons. The first-order valence-corrected chi connectivity index (χ1v) is 6.31. The van der Waals surface area contributed by atoms with Crippen molar-refractivity contribution in [3.63, 3.8) is 0 Å². The van der Waals surface area contributed by atoms with Crippen molar-refractivity contribution in [3.05, 3.63) is 0 Å². The monoisotopic (exact) mass is 257 g/mol. The number of thiocarbonyl (C=S) groups is 1. The summed E-state index contributed by atoms with van der Waals surface area (Å²) in [6, 6.07) is 0.307. The fraction of sp³-hybridized carbons (Fsp3) is 0.727. The van der Waals surface area contributed by atoms with E-state index in [0.717, 1.165) is 19.3 Å². The number of hydrogen-bond donors (Lipinski definition) is 3. The van der Waals surface area contributed by atoms with Gasteiger partial charge in [0, 0.05) is 6.04 Å². The Morgan fingerprint density at radius 2 is 2.12 bits per heavy atom. The first-order valence-electron chi connectivity index (χ1n) is 5.91. The summed E-state index contributed by atoms with van der Waals surface area (Å²) in [5.74, 6) is -0.881. The van der Waals surface area contributed by atoms with Crippen LogP contribution in [0, 0.1) is 5.92 Å². The van der Waals surface area contributed by atoms with Crippen molar-refractivity contribution in [3.8, 4) is 0 Å². The molecule has 2 amide bonds. The fourth-order valence-electron chi connectivity index (χ4n) is 1.49. The van der Waals surface area contributed by atoms with E-state index in [2.05, 4.69) is 10.6 Å². The molecule has 0 heterocycles. The van der Waals surface area contributed by atoms with Gasteiger partial charge in [-0.1, -0.05) is 25.6 Å². The molecule has 17 heavy (non-hydrogen) atoms. The molecule has 0 saturated heterocycles. The van der Waals surface area contributed by atoms with Gasteiger partial charge in [-0.25, -0.2) is 0 Å². The van der Waals surface area contributed by atoms with Crippen LogP contribution >= 0.6 is 12.2 Å². The molecule has 0 aliphatic heterocycles. The maximum atomic E-state index is 11.7. The lowest BCUT2D eigenvalue weighted by Crippen LogP contribution is -2.43. The Labute approximate surface area is 107 Å². The van der Waals surface area contributed by atoms with Crippen molar-refractivity contribution in [2.24, 2.45) is 11.7 Å². The number of carbonyl (C=O) groups excluding carboxylic acids is 2. The minimum absolute atomic E-state index is 0.00182. The Morgan fingerprint density at radius 1 is 1.47 bits per heavy atom. The predicted octanol–water partition coefficient (Wildman–Crippen LogP) is 0.0836. The molecule has 0 aromatic carbocycles. The summed E-state index contributed by atoms with van der Waals surface area (Å²) in [7, 11) is 0. The van der Waals surface area contributed by atoms with Crippen LogP contribution in [0.25, 0.3) is 0 Å². The number of carbonyl (C=O) groups is 2. The van der Waals surface area contributed by atoms with E-state index < -0.39 is 5.92 Å². The summed E-state index contributed by atoms with van der Waals surface area (Å²) in [5.41, 5.74) is 5.49. The highest BCUT2D eigenvalue weighted by Gasteiger charge is 2.24. The van der Waals surface area contributed by atoms with Crippen molar-refractivity contribution < 1.29 is 9.59 Å². The Kier molecular flexibility index (Phi) is 5.34. The molecule has 0 bridgehead atoms. The van der Waals surface area contributed by atoms with Crippen LogP contribution in [0.3, 0.4) is 0 Å². The molecule has 0 aromatic heterocycles. The van der Waals surface area contributed by atoms with Crippen LogP contribution < -0.4 is 16.4 Å². The van der Waals surface area contributed by atoms with Gasteiger partial charge in [0.15, 0.2) is 0 Å². The summed E-state index contributed by atoms with van der Waals surface area (Å²) >= 11 is 4.83. The zero-order valence-corrected chi connectivity index (χ0v) is 10.8. The van der Waals surface area contributed by atoms with E-state index in [9.17, 15) is 9.59 Å². The van der Waals surface area contributed by atoms with E-state index >= 15 is 0 Å². The molecular weight excluding hydrogens is 238 g/mol. The Hall–Kier alpha value is -1.17. The lowest BCUT2D eigenvalue weighted by atomic mass is 10.0. The highest BCUT2D eigenvalue weighted by molar-refractivity contribution is 7.80. The van der Waals surface area contributed by atoms with Gasteiger partial charge >= 0.3 is 0 Å². The molecule has 1 saturated carbocycles. The summed E-state index contributed by atoms with van der Waals surface area (Å²) in [5, 5.41) is 5.35. The van der Waals surface area contributed by atoms with E-state index in [4.69, 9.17) is 18.0 Å². The molecule has 1 rings (SSSR count). The van der Waals surface area contributed by atoms with E-state index in [1.165, 1.54) is 0 Å². The minimum atomic E-state index is -0.469. The first-order chi connectivity index (χ1) is 8.04. The summed E-state index contributed by atoms with van der Waals surface area (Å²) in [6.45, 7) is 1.95. The average Bonchev–Trinajstić information content (AvgIpc) is 3.06. The summed E-state index contributed by atoms with van der Waals surface area (Å²) < 4.78 is 0. The van der Waals surface area contributed by atoms with Gasteiger partial charge in [0.05, 0.1) is 17.5 Å². The standard InChI is InChI=1S/C11H19N3O2S/c1-2-3-8(10(12)17)11(16)13-6-9(15)14-7-4-5-7/h7-8H,2-6H2,1H3,(H2,12,17)(H,13,16)(H,14,15). The van der Waals surface area contributed by atoms with Crippen molar-refractivity contribution in [2.75, 3.05) is 6.54 Å². The quantitative estimate of drug-likeness (QED) is 0.564. The van der Waals surface area contributed by atoms with E-state index in [0.29, 0.717) is 12.5 Å². The summed E-state index contributed by atoms with van der Waals surface area (Å²) in [4.78, 5) is 23.3. The van der Waals surface area contributed by atoms with Crippen LogP contribution in [-0.4, -0.2) is 29.4 Å². The van der Waals surface area contributed by atoms with Crippen molar-refractivity contribution in [1.82, 2.24) is 10.6 Å². The molecule has 1 unspecified atom stereocenters. The molecule has 1 aliphatic carbocycles. The fourth-order valence-corrected chi connectivity index (χ4v) is 1.71. The van der Waals surface area contributed by atoms with Crippen LogP contribution in [-0.2, 0) is 9.59 Å². The van der Waals surface area contributed by atoms with Gasteiger partial charge in [0.1, 0.15) is 0 Å². The number of hydrogen-bond acceptors (Lipinski definition) is 3. The SMILES string of the molecule is CCCC(C(=O)NCC(=O)NC1CC1)C(N)=S. The second-order valence-electron chi connectivity index (χ2n) is 4.30. The lowest BCUT2D eigenvalue weighted by molar-refractivity contribution is -0.127. The minimum Gasteiger partial charge on any atom is -0.393 e. The number of nitrogens with one attached hydrogen (secondary N) is 2. The molecule has 4 N–H and O–H groups in total. The van der Waals surface area contributed by atoms with Crippen LogP contribution in [0.4, 0.5) is 0 Å². The topological polar surface area (TPSA) is 84.2 Å². The first kappa shape index (κ1) is 13.9. The maximum absolute atomic E-state index is 11.7. The van der Waals surface area contributed by atoms with Crippen molar-refractivity contribution in [1.29, 1.82) is 0 Å². The molecule has 1 atom stereocenters. The van der Waals surface area contributed by atoms with Crippen LogP contribution in [0.5, 0.6) is 0 Å². The largest absolute Gasteiger partial charge is 0.393 e. The molecule has 6 heteroatoms. The molecular formula is C11H19N3O2S. The van der Waals surface area contributed by atoms with Gasteiger partial charge in [0.2, 0.25) is 11.8 Å². The third-order valence-electron chi connectivity index (χ3n) is 2.60. The Morgan fingerprint density at radius 3 is 2.59 bits per heavy atom. The normalized spacial score (nSPS) is 16.1. The number of nitrogens with two attached hydrogens (primary N) is 1. The highest BCUT2D eigenvalue weighted by atomic mass is 32.1. The average molecular weight is 257 g/mol. The zero-order valence-electron chi connectivity index (χ0n) is 9.99. The van der Waals surface area contributed by atoms with E-state index in [1.54, 1.807) is 0 Å². The molecule has 5 nitrogen and oxygen atoms in total. The van der Waals surface area contributed by atoms with Gasteiger partial charge in [-0.2, -0.15) is 0 Å². The second-order valence-corrected chi connectivity index (χ2v) is 4.77. The van der Waals surface area contributed by atoms with Gasteiger partial charge in [-0.3, -0.25) is 9.59 Å². The molecule has 0 aromatic rings. The smallest absolute Gasteiger partial charge is 0.239 e.